The monoisotopic (exact) mass is 394 g/mol. The van der Waals surface area contributed by atoms with Gasteiger partial charge in [-0.15, -0.1) is 0 Å². The second-order valence-electron chi connectivity index (χ2n) is 6.00. The Bertz CT molecular complexity index is 869. The fourth-order valence-corrected chi connectivity index (χ4v) is 2.74. The minimum absolute atomic E-state index is 0.210. The molecule has 0 saturated carbocycles. The summed E-state index contributed by atoms with van der Waals surface area (Å²) in [5.41, 5.74) is 1.53. The van der Waals surface area contributed by atoms with Crippen LogP contribution >= 0.6 is 0 Å². The molecule has 0 aliphatic carbocycles. The van der Waals surface area contributed by atoms with Crippen LogP contribution in [0, 0.1) is 11.3 Å². The van der Waals surface area contributed by atoms with Gasteiger partial charge in [-0.25, -0.2) is 0 Å². The van der Waals surface area contributed by atoms with Crippen LogP contribution in [-0.2, 0) is 4.79 Å². The summed E-state index contributed by atoms with van der Waals surface area (Å²) in [6.45, 7) is 5.21. The van der Waals surface area contributed by atoms with E-state index in [0.29, 0.717) is 36.9 Å². The Morgan fingerprint density at radius 3 is 2.41 bits per heavy atom. The number of ether oxygens (including phenoxy) is 3. The Kier molecular flexibility index (Phi) is 8.58. The minimum Gasteiger partial charge on any atom is -0.494 e. The van der Waals surface area contributed by atoms with Gasteiger partial charge in [0.2, 0.25) is 0 Å². The molecule has 2 rings (SSSR count). The molecule has 2 aromatic carbocycles. The first-order valence-corrected chi connectivity index (χ1v) is 9.53. The summed E-state index contributed by atoms with van der Waals surface area (Å²) >= 11 is 0. The number of anilines is 1. The number of nitriles is 1. The molecule has 0 saturated heterocycles. The van der Waals surface area contributed by atoms with Crippen LogP contribution in [0.2, 0.25) is 0 Å². The topological polar surface area (TPSA) is 71.8 Å². The molecule has 0 N–H and O–H groups in total. The Hall–Kier alpha value is -3.46. The van der Waals surface area contributed by atoms with Crippen molar-refractivity contribution in [3.63, 3.8) is 0 Å². The van der Waals surface area contributed by atoms with Crippen LogP contribution in [-0.4, -0.2) is 32.8 Å². The third kappa shape index (κ3) is 6.28. The van der Waals surface area contributed by atoms with Gasteiger partial charge < -0.3 is 19.1 Å². The molecule has 0 atom stereocenters. The zero-order valence-electron chi connectivity index (χ0n) is 17.1. The van der Waals surface area contributed by atoms with Gasteiger partial charge in [0, 0.05) is 18.3 Å². The Morgan fingerprint density at radius 2 is 1.79 bits per heavy atom. The van der Waals surface area contributed by atoms with Gasteiger partial charge in [-0.3, -0.25) is 4.79 Å². The molecule has 1 amide bonds. The first-order valence-electron chi connectivity index (χ1n) is 9.53. The fraction of sp³-hybridized carbons (Fsp3) is 0.304. The highest BCUT2D eigenvalue weighted by Crippen LogP contribution is 2.28. The maximum atomic E-state index is 12.8. The number of rotatable bonds is 10. The average molecular weight is 394 g/mol. The third-order valence-electron chi connectivity index (χ3n) is 4.08. The Labute approximate surface area is 171 Å². The first kappa shape index (κ1) is 21.8. The molecule has 0 heterocycles. The van der Waals surface area contributed by atoms with Crippen LogP contribution in [0.15, 0.2) is 48.5 Å². The van der Waals surface area contributed by atoms with Gasteiger partial charge in [0.15, 0.2) is 11.5 Å². The van der Waals surface area contributed by atoms with Crippen LogP contribution in [0.5, 0.6) is 17.2 Å². The molecule has 0 aromatic heterocycles. The first-order chi connectivity index (χ1) is 14.1. The second-order valence-corrected chi connectivity index (χ2v) is 6.00. The molecule has 0 aliphatic heterocycles. The molecule has 2 aromatic rings. The molecular weight excluding hydrogens is 368 g/mol. The van der Waals surface area contributed by atoms with Gasteiger partial charge in [0.25, 0.3) is 5.91 Å². The number of carbonyl (C=O) groups is 1. The normalized spacial score (nSPS) is 10.4. The predicted octanol–water partition coefficient (Wildman–Crippen LogP) is 4.45. The molecule has 0 fully saturated rings. The van der Waals surface area contributed by atoms with Crippen molar-refractivity contribution in [2.75, 3.05) is 31.8 Å². The number of hydrogen-bond acceptors (Lipinski definition) is 5. The van der Waals surface area contributed by atoms with Crippen molar-refractivity contribution in [1.29, 1.82) is 5.26 Å². The number of amides is 1. The molecule has 0 radical (unpaired) electrons. The highest BCUT2D eigenvalue weighted by atomic mass is 16.5. The molecule has 0 bridgehead atoms. The molecule has 152 valence electrons. The van der Waals surface area contributed by atoms with E-state index < -0.39 is 0 Å². The summed E-state index contributed by atoms with van der Waals surface area (Å²) in [6.07, 6.45) is 3.45. The standard InChI is InChI=1S/C23H26N2O4/c1-4-28-20-11-9-19(10-12-20)25(16-6-15-24)23(26)14-8-18-7-13-21(27-3)22(17-18)29-5-2/h7-14,17H,4-6,16H2,1-3H3/b14-8+. The highest BCUT2D eigenvalue weighted by Gasteiger charge is 2.13. The fourth-order valence-electron chi connectivity index (χ4n) is 2.74. The number of methoxy groups -OCH3 is 1. The minimum atomic E-state index is -0.210. The van der Waals surface area contributed by atoms with E-state index in [2.05, 4.69) is 6.07 Å². The van der Waals surface area contributed by atoms with Crippen molar-refractivity contribution in [1.82, 2.24) is 0 Å². The SMILES string of the molecule is CCOc1ccc(N(CCC#N)C(=O)/C=C/c2ccc(OC)c(OCC)c2)cc1. The highest BCUT2D eigenvalue weighted by molar-refractivity contribution is 6.03. The molecule has 29 heavy (non-hydrogen) atoms. The Morgan fingerprint density at radius 1 is 1.07 bits per heavy atom. The van der Waals surface area contributed by atoms with Crippen molar-refractivity contribution in [3.8, 4) is 23.3 Å². The van der Waals surface area contributed by atoms with Gasteiger partial charge in [-0.05, 0) is 61.9 Å². The van der Waals surface area contributed by atoms with Crippen LogP contribution in [0.4, 0.5) is 5.69 Å². The van der Waals surface area contributed by atoms with Gasteiger partial charge in [0.1, 0.15) is 5.75 Å². The van der Waals surface area contributed by atoms with E-state index in [-0.39, 0.29) is 12.3 Å². The van der Waals surface area contributed by atoms with Crippen LogP contribution < -0.4 is 19.1 Å². The van der Waals surface area contributed by atoms with Crippen molar-refractivity contribution in [3.05, 3.63) is 54.1 Å². The predicted molar refractivity (Wildman–Crippen MR) is 113 cm³/mol. The van der Waals surface area contributed by atoms with E-state index in [1.54, 1.807) is 24.2 Å². The summed E-state index contributed by atoms with van der Waals surface area (Å²) < 4.78 is 16.3. The lowest BCUT2D eigenvalue weighted by molar-refractivity contribution is -0.114. The largest absolute Gasteiger partial charge is 0.494 e. The van der Waals surface area contributed by atoms with Crippen molar-refractivity contribution in [2.24, 2.45) is 0 Å². The molecule has 0 spiro atoms. The van der Waals surface area contributed by atoms with E-state index in [1.807, 2.05) is 50.2 Å². The summed E-state index contributed by atoms with van der Waals surface area (Å²) in [5.74, 6) is 1.79. The van der Waals surface area contributed by atoms with E-state index in [4.69, 9.17) is 19.5 Å². The van der Waals surface area contributed by atoms with E-state index in [0.717, 1.165) is 11.3 Å². The summed E-state index contributed by atoms with van der Waals surface area (Å²) in [6, 6.07) is 14.8. The zero-order valence-corrected chi connectivity index (χ0v) is 17.1. The van der Waals surface area contributed by atoms with Gasteiger partial charge >= 0.3 is 0 Å². The Balaban J connectivity index is 2.21. The van der Waals surface area contributed by atoms with Gasteiger partial charge in [-0.1, -0.05) is 6.07 Å². The summed E-state index contributed by atoms with van der Waals surface area (Å²) in [4.78, 5) is 14.4. The lowest BCUT2D eigenvalue weighted by Gasteiger charge is -2.20. The van der Waals surface area contributed by atoms with Crippen molar-refractivity contribution in [2.45, 2.75) is 20.3 Å². The average Bonchev–Trinajstić information content (AvgIpc) is 2.74. The lowest BCUT2D eigenvalue weighted by Crippen LogP contribution is -2.30. The van der Waals surface area contributed by atoms with Crippen LogP contribution in [0.1, 0.15) is 25.8 Å². The lowest BCUT2D eigenvalue weighted by atomic mass is 10.1. The van der Waals surface area contributed by atoms with Gasteiger partial charge in [-0.2, -0.15) is 5.26 Å². The number of benzene rings is 2. The smallest absolute Gasteiger partial charge is 0.251 e. The zero-order chi connectivity index (χ0) is 21.1. The van der Waals surface area contributed by atoms with E-state index in [1.165, 1.54) is 6.08 Å². The number of hydrogen-bond donors (Lipinski definition) is 0. The van der Waals surface area contributed by atoms with Crippen LogP contribution in [0.25, 0.3) is 6.08 Å². The second kappa shape index (κ2) is 11.4. The maximum Gasteiger partial charge on any atom is 0.251 e. The van der Waals surface area contributed by atoms with E-state index >= 15 is 0 Å². The van der Waals surface area contributed by atoms with E-state index in [9.17, 15) is 4.79 Å². The molecule has 0 aliphatic rings. The molecule has 0 unspecified atom stereocenters. The summed E-state index contributed by atoms with van der Waals surface area (Å²) in [7, 11) is 1.58. The van der Waals surface area contributed by atoms with Gasteiger partial charge in [0.05, 0.1) is 32.8 Å². The summed E-state index contributed by atoms with van der Waals surface area (Å²) in [5, 5.41) is 8.94. The quantitative estimate of drug-likeness (QED) is 0.557. The van der Waals surface area contributed by atoms with Crippen molar-refractivity contribution < 1.29 is 19.0 Å². The number of carbonyl (C=O) groups excluding carboxylic acids is 1. The van der Waals surface area contributed by atoms with Crippen LogP contribution in [0.3, 0.4) is 0 Å². The molecular formula is C23H26N2O4. The molecule has 6 nitrogen and oxygen atoms in total. The third-order valence-corrected chi connectivity index (χ3v) is 4.08. The van der Waals surface area contributed by atoms with Crippen molar-refractivity contribution >= 4 is 17.7 Å². The maximum absolute atomic E-state index is 12.8. The molecule has 6 heteroatoms. The number of nitrogens with zero attached hydrogens (tertiary/aromatic N) is 2.